The lowest BCUT2D eigenvalue weighted by Crippen LogP contribution is -2.41. The minimum atomic E-state index is -0.530. The fourth-order valence-corrected chi connectivity index (χ4v) is 3.88. The van der Waals surface area contributed by atoms with Crippen LogP contribution < -0.4 is 15.1 Å². The average molecular weight is 363 g/mol. The molecule has 4 rings (SSSR count). The van der Waals surface area contributed by atoms with E-state index in [1.807, 2.05) is 0 Å². The lowest BCUT2D eigenvalue weighted by Gasteiger charge is -2.34. The summed E-state index contributed by atoms with van der Waals surface area (Å²) < 4.78 is 25.7. The molecule has 2 bridgehead atoms. The molecule has 3 fully saturated rings. The highest BCUT2D eigenvalue weighted by atomic mass is 19.1. The van der Waals surface area contributed by atoms with E-state index in [1.165, 1.54) is 17.9 Å². The number of carbonyl (C=O) groups is 2. The highest BCUT2D eigenvalue weighted by Crippen LogP contribution is 2.34. The molecule has 0 spiro atoms. The second kappa shape index (κ2) is 6.75. The minimum absolute atomic E-state index is 0.186. The zero-order valence-corrected chi connectivity index (χ0v) is 14.6. The van der Waals surface area contributed by atoms with Crippen LogP contribution in [-0.4, -0.2) is 56.5 Å². The van der Waals surface area contributed by atoms with Gasteiger partial charge in [0, 0.05) is 13.5 Å². The summed E-state index contributed by atoms with van der Waals surface area (Å²) >= 11 is 0. The van der Waals surface area contributed by atoms with E-state index in [-0.39, 0.29) is 30.9 Å². The minimum Gasteiger partial charge on any atom is -0.442 e. The van der Waals surface area contributed by atoms with E-state index in [0.29, 0.717) is 24.1 Å². The summed E-state index contributed by atoms with van der Waals surface area (Å²) in [6.07, 6.45) is 1.17. The maximum atomic E-state index is 14.8. The van der Waals surface area contributed by atoms with Crippen LogP contribution in [0.1, 0.15) is 19.8 Å². The maximum Gasteiger partial charge on any atom is 0.414 e. The summed E-state index contributed by atoms with van der Waals surface area (Å²) in [7, 11) is 0. The summed E-state index contributed by atoms with van der Waals surface area (Å²) in [5.41, 5.74) is 1.00. The molecule has 1 N–H and O–H groups in total. The summed E-state index contributed by atoms with van der Waals surface area (Å²) in [5, 5.41) is 2.62. The number of nitrogens with one attached hydrogen (secondary N) is 1. The molecule has 3 aliphatic heterocycles. The molecule has 2 amide bonds. The van der Waals surface area contributed by atoms with E-state index < -0.39 is 12.2 Å². The van der Waals surface area contributed by atoms with Crippen molar-refractivity contribution >= 4 is 23.4 Å². The van der Waals surface area contributed by atoms with Crippen molar-refractivity contribution in [3.05, 3.63) is 24.0 Å². The molecular weight excluding hydrogens is 341 g/mol. The molecule has 3 unspecified atom stereocenters. The molecule has 0 radical (unpaired) electrons. The van der Waals surface area contributed by atoms with Crippen LogP contribution >= 0.6 is 0 Å². The fourth-order valence-electron chi connectivity index (χ4n) is 3.88. The van der Waals surface area contributed by atoms with Gasteiger partial charge in [0.25, 0.3) is 0 Å². The predicted molar refractivity (Wildman–Crippen MR) is 92.8 cm³/mol. The van der Waals surface area contributed by atoms with E-state index in [4.69, 9.17) is 9.47 Å². The van der Waals surface area contributed by atoms with Crippen molar-refractivity contribution in [2.45, 2.75) is 38.0 Å². The maximum absolute atomic E-state index is 14.8. The van der Waals surface area contributed by atoms with Gasteiger partial charge in [0.2, 0.25) is 5.91 Å². The number of piperidine rings is 1. The Labute approximate surface area is 151 Å². The Morgan fingerprint density at radius 3 is 3.04 bits per heavy atom. The first-order valence-electron chi connectivity index (χ1n) is 8.91. The first kappa shape index (κ1) is 17.1. The third-order valence-electron chi connectivity index (χ3n) is 5.20. The predicted octanol–water partition coefficient (Wildman–Crippen LogP) is 1.65. The molecule has 3 aliphatic rings. The number of benzene rings is 1. The summed E-state index contributed by atoms with van der Waals surface area (Å²) in [6.45, 7) is 3.33. The Morgan fingerprint density at radius 2 is 2.27 bits per heavy atom. The molecule has 1 aromatic rings. The van der Waals surface area contributed by atoms with Crippen molar-refractivity contribution in [2.24, 2.45) is 0 Å². The molecule has 0 saturated carbocycles. The van der Waals surface area contributed by atoms with Crippen LogP contribution in [0, 0.1) is 5.82 Å². The van der Waals surface area contributed by atoms with Crippen LogP contribution in [0.5, 0.6) is 0 Å². The lowest BCUT2D eigenvalue weighted by atomic mass is 10.0. The number of amides is 2. The number of halogens is 1. The Kier molecular flexibility index (Phi) is 4.44. The van der Waals surface area contributed by atoms with Gasteiger partial charge in [-0.2, -0.15) is 0 Å². The topological polar surface area (TPSA) is 71.1 Å². The third-order valence-corrected chi connectivity index (χ3v) is 5.20. The van der Waals surface area contributed by atoms with Crippen molar-refractivity contribution in [1.29, 1.82) is 0 Å². The van der Waals surface area contributed by atoms with Crippen molar-refractivity contribution in [2.75, 3.05) is 36.0 Å². The number of rotatable bonds is 4. The molecule has 8 heteroatoms. The number of anilines is 2. The van der Waals surface area contributed by atoms with Gasteiger partial charge in [0.1, 0.15) is 11.9 Å². The van der Waals surface area contributed by atoms with Gasteiger partial charge in [-0.25, -0.2) is 9.18 Å². The van der Waals surface area contributed by atoms with Crippen LogP contribution in [0.15, 0.2) is 18.2 Å². The number of hydrogen-bond donors (Lipinski definition) is 1. The zero-order valence-electron chi connectivity index (χ0n) is 14.6. The molecule has 26 heavy (non-hydrogen) atoms. The van der Waals surface area contributed by atoms with Crippen LogP contribution in [0.3, 0.4) is 0 Å². The number of hydrogen-bond acceptors (Lipinski definition) is 5. The summed E-state index contributed by atoms with van der Waals surface area (Å²) in [4.78, 5) is 26.5. The second-order valence-electron chi connectivity index (χ2n) is 7.02. The van der Waals surface area contributed by atoms with Gasteiger partial charge in [0.15, 0.2) is 0 Å². The van der Waals surface area contributed by atoms with Crippen LogP contribution in [0.4, 0.5) is 20.6 Å². The Morgan fingerprint density at radius 1 is 1.42 bits per heavy atom. The van der Waals surface area contributed by atoms with Gasteiger partial charge < -0.3 is 19.7 Å². The second-order valence-corrected chi connectivity index (χ2v) is 7.02. The van der Waals surface area contributed by atoms with E-state index in [2.05, 4.69) is 10.2 Å². The Bertz CT molecular complexity index is 728. The molecule has 0 aromatic heterocycles. The van der Waals surface area contributed by atoms with E-state index in [1.54, 1.807) is 12.1 Å². The third kappa shape index (κ3) is 3.21. The smallest absolute Gasteiger partial charge is 0.414 e. The summed E-state index contributed by atoms with van der Waals surface area (Å²) in [6, 6.07) is 5.05. The zero-order chi connectivity index (χ0) is 18.3. The number of cyclic esters (lactones) is 1. The van der Waals surface area contributed by atoms with Gasteiger partial charge in [-0.1, -0.05) is 0 Å². The van der Waals surface area contributed by atoms with Gasteiger partial charge in [-0.05, 0) is 31.0 Å². The number of carbonyl (C=O) groups excluding carboxylic acids is 2. The van der Waals surface area contributed by atoms with Crippen LogP contribution in [0.2, 0.25) is 0 Å². The SMILES string of the molecule is CC(=O)NCC1CN(c2ccc(N3CCC4CC3CO4)c(F)c2)C(=O)O1. The Balaban J connectivity index is 1.47. The summed E-state index contributed by atoms with van der Waals surface area (Å²) in [5.74, 6) is -0.541. The molecule has 140 valence electrons. The quantitative estimate of drug-likeness (QED) is 0.881. The normalized spacial score (nSPS) is 27.6. The van der Waals surface area contributed by atoms with Crippen molar-refractivity contribution < 1.29 is 23.5 Å². The van der Waals surface area contributed by atoms with Crippen molar-refractivity contribution in [3.8, 4) is 0 Å². The van der Waals surface area contributed by atoms with Crippen LogP contribution in [-0.2, 0) is 14.3 Å². The Hall–Kier alpha value is -2.35. The first-order valence-corrected chi connectivity index (χ1v) is 8.91. The van der Waals surface area contributed by atoms with Gasteiger partial charge in [-0.3, -0.25) is 9.69 Å². The van der Waals surface area contributed by atoms with E-state index in [0.717, 1.165) is 19.4 Å². The van der Waals surface area contributed by atoms with Crippen molar-refractivity contribution in [3.63, 3.8) is 0 Å². The average Bonchev–Trinajstić information content (AvgIpc) is 3.17. The highest BCUT2D eigenvalue weighted by molar-refractivity contribution is 5.90. The molecule has 3 saturated heterocycles. The molecule has 0 aliphatic carbocycles. The number of nitrogens with zero attached hydrogens (tertiary/aromatic N) is 2. The highest BCUT2D eigenvalue weighted by Gasteiger charge is 2.37. The van der Waals surface area contributed by atoms with Crippen LogP contribution in [0.25, 0.3) is 0 Å². The molecule has 7 nitrogen and oxygen atoms in total. The molecule has 1 aromatic carbocycles. The number of fused-ring (bicyclic) bond motifs is 2. The molecule has 3 heterocycles. The van der Waals surface area contributed by atoms with Gasteiger partial charge in [0.05, 0.1) is 43.2 Å². The standard InChI is InChI=1S/C18H22FN3O4/c1-11(23)20-8-15-9-22(18(24)26-15)12-2-3-17(16(19)7-12)21-5-4-14-6-13(21)10-25-14/h2-3,7,13-15H,4-6,8-10H2,1H3,(H,20,23). The number of ether oxygens (including phenoxy) is 2. The van der Waals surface area contributed by atoms with E-state index >= 15 is 0 Å². The molecule has 3 atom stereocenters. The van der Waals surface area contributed by atoms with Crippen molar-refractivity contribution in [1.82, 2.24) is 5.32 Å². The monoisotopic (exact) mass is 363 g/mol. The first-order chi connectivity index (χ1) is 12.5. The largest absolute Gasteiger partial charge is 0.442 e. The lowest BCUT2D eigenvalue weighted by molar-refractivity contribution is -0.119. The van der Waals surface area contributed by atoms with Gasteiger partial charge >= 0.3 is 6.09 Å². The fraction of sp³-hybridized carbons (Fsp3) is 0.556. The molecular formula is C18H22FN3O4. The van der Waals surface area contributed by atoms with Gasteiger partial charge in [-0.15, -0.1) is 0 Å². The van der Waals surface area contributed by atoms with E-state index in [9.17, 15) is 14.0 Å².